The normalized spacial score (nSPS) is 10.3. The van der Waals surface area contributed by atoms with Gasteiger partial charge in [0.15, 0.2) is 0 Å². The molecular weight excluding hydrogens is 200 g/mol. The molecule has 4 heteroatoms. The summed E-state index contributed by atoms with van der Waals surface area (Å²) in [6, 6.07) is 5.89. The van der Waals surface area contributed by atoms with Gasteiger partial charge in [0.2, 0.25) is 0 Å². The predicted octanol–water partition coefficient (Wildman–Crippen LogP) is 1.61. The van der Waals surface area contributed by atoms with Gasteiger partial charge in [0.1, 0.15) is 12.1 Å². The fourth-order valence-electron chi connectivity index (χ4n) is 1.47. The molecule has 2 aromatic rings. The second kappa shape index (κ2) is 4.70. The van der Waals surface area contributed by atoms with Crippen LogP contribution < -0.4 is 5.73 Å². The van der Waals surface area contributed by atoms with Crippen LogP contribution in [0.2, 0.25) is 0 Å². The molecular formula is C12H14N4. The van der Waals surface area contributed by atoms with E-state index >= 15 is 0 Å². The third-order valence-electron chi connectivity index (χ3n) is 2.40. The molecule has 4 nitrogen and oxygen atoms in total. The Bertz CT molecular complexity index is 465. The molecule has 2 heterocycles. The lowest BCUT2D eigenvalue weighted by atomic mass is 10.1. The maximum absolute atomic E-state index is 5.59. The lowest BCUT2D eigenvalue weighted by Gasteiger charge is -2.02. The Kier molecular flexibility index (Phi) is 3.10. The molecule has 82 valence electrons. The highest BCUT2D eigenvalue weighted by atomic mass is 14.9. The van der Waals surface area contributed by atoms with Gasteiger partial charge in [-0.2, -0.15) is 0 Å². The second-order valence-electron chi connectivity index (χ2n) is 3.62. The van der Waals surface area contributed by atoms with Crippen molar-refractivity contribution in [2.45, 2.75) is 19.8 Å². The minimum atomic E-state index is 0.496. The first-order valence-electron chi connectivity index (χ1n) is 5.28. The van der Waals surface area contributed by atoms with E-state index in [1.807, 2.05) is 12.3 Å². The third-order valence-corrected chi connectivity index (χ3v) is 2.40. The number of nitrogens with zero attached hydrogens (tertiary/aromatic N) is 3. The number of hydrogen-bond acceptors (Lipinski definition) is 4. The summed E-state index contributed by atoms with van der Waals surface area (Å²) >= 11 is 0. The van der Waals surface area contributed by atoms with Crippen LogP contribution >= 0.6 is 0 Å². The quantitative estimate of drug-likeness (QED) is 0.843. The number of nitrogens with two attached hydrogens (primary N) is 1. The van der Waals surface area contributed by atoms with Crippen molar-refractivity contribution >= 4 is 5.82 Å². The zero-order chi connectivity index (χ0) is 11.4. The van der Waals surface area contributed by atoms with E-state index in [1.165, 1.54) is 11.9 Å². The van der Waals surface area contributed by atoms with Crippen molar-refractivity contribution < 1.29 is 0 Å². The number of aryl methyl sites for hydroxylation is 1. The highest BCUT2D eigenvalue weighted by Gasteiger charge is 2.00. The first kappa shape index (κ1) is 10.5. The Morgan fingerprint density at radius 3 is 2.62 bits per heavy atom. The van der Waals surface area contributed by atoms with Gasteiger partial charge in [-0.1, -0.05) is 13.0 Å². The molecule has 0 aliphatic rings. The average Bonchev–Trinajstić information content (AvgIpc) is 2.30. The highest BCUT2D eigenvalue weighted by molar-refractivity contribution is 5.30. The molecule has 0 aliphatic heterocycles. The van der Waals surface area contributed by atoms with Gasteiger partial charge in [-0.15, -0.1) is 0 Å². The predicted molar refractivity (Wildman–Crippen MR) is 62.9 cm³/mol. The molecule has 16 heavy (non-hydrogen) atoms. The first-order chi connectivity index (χ1) is 7.78. The van der Waals surface area contributed by atoms with Gasteiger partial charge in [-0.25, -0.2) is 9.97 Å². The molecule has 0 unspecified atom stereocenters. The van der Waals surface area contributed by atoms with Crippen LogP contribution in [0, 0.1) is 0 Å². The van der Waals surface area contributed by atoms with Crippen LogP contribution in [0.25, 0.3) is 0 Å². The van der Waals surface area contributed by atoms with E-state index < -0.39 is 0 Å². The Labute approximate surface area is 94.6 Å². The number of hydrogen-bond donors (Lipinski definition) is 1. The van der Waals surface area contributed by atoms with Crippen molar-refractivity contribution in [3.63, 3.8) is 0 Å². The van der Waals surface area contributed by atoms with E-state index in [0.29, 0.717) is 12.2 Å². The fraction of sp³-hybridized carbons (Fsp3) is 0.250. The number of pyridine rings is 1. The van der Waals surface area contributed by atoms with Crippen molar-refractivity contribution in [1.29, 1.82) is 0 Å². The maximum Gasteiger partial charge on any atom is 0.127 e. The van der Waals surface area contributed by atoms with Crippen molar-refractivity contribution in [2.24, 2.45) is 0 Å². The fourth-order valence-corrected chi connectivity index (χ4v) is 1.47. The van der Waals surface area contributed by atoms with Crippen LogP contribution in [0.5, 0.6) is 0 Å². The molecule has 0 aliphatic carbocycles. The van der Waals surface area contributed by atoms with Gasteiger partial charge in [0, 0.05) is 24.4 Å². The van der Waals surface area contributed by atoms with Crippen LogP contribution in [0.3, 0.4) is 0 Å². The summed E-state index contributed by atoms with van der Waals surface area (Å²) in [5.41, 5.74) is 8.72. The Morgan fingerprint density at radius 1 is 1.12 bits per heavy atom. The maximum atomic E-state index is 5.59. The smallest absolute Gasteiger partial charge is 0.127 e. The van der Waals surface area contributed by atoms with Gasteiger partial charge < -0.3 is 5.73 Å². The molecule has 0 saturated carbocycles. The van der Waals surface area contributed by atoms with Gasteiger partial charge in [0.05, 0.1) is 5.69 Å². The van der Waals surface area contributed by atoms with Crippen LogP contribution in [-0.4, -0.2) is 15.0 Å². The highest BCUT2D eigenvalue weighted by Crippen LogP contribution is 2.07. The number of nitrogen functional groups attached to an aromatic ring is 1. The van der Waals surface area contributed by atoms with Gasteiger partial charge >= 0.3 is 0 Å². The van der Waals surface area contributed by atoms with Crippen molar-refractivity contribution in [2.75, 3.05) is 5.73 Å². The molecule has 0 radical (unpaired) electrons. The summed E-state index contributed by atoms with van der Waals surface area (Å²) in [6.45, 7) is 2.11. The Morgan fingerprint density at radius 2 is 2.00 bits per heavy atom. The molecule has 0 saturated heterocycles. The van der Waals surface area contributed by atoms with Gasteiger partial charge in [-0.05, 0) is 18.1 Å². The monoisotopic (exact) mass is 214 g/mol. The van der Waals surface area contributed by atoms with Crippen molar-refractivity contribution in [1.82, 2.24) is 15.0 Å². The van der Waals surface area contributed by atoms with E-state index in [-0.39, 0.29) is 0 Å². The summed E-state index contributed by atoms with van der Waals surface area (Å²) in [7, 11) is 0. The second-order valence-corrected chi connectivity index (χ2v) is 3.62. The van der Waals surface area contributed by atoms with E-state index in [2.05, 4.69) is 27.9 Å². The summed E-state index contributed by atoms with van der Waals surface area (Å²) in [6.07, 6.45) is 5.08. The van der Waals surface area contributed by atoms with Crippen molar-refractivity contribution in [3.8, 4) is 0 Å². The Balaban J connectivity index is 2.14. The Hall–Kier alpha value is -1.97. The van der Waals surface area contributed by atoms with Gasteiger partial charge in [0.25, 0.3) is 0 Å². The summed E-state index contributed by atoms with van der Waals surface area (Å²) in [4.78, 5) is 12.4. The minimum Gasteiger partial charge on any atom is -0.384 e. The number of aromatic nitrogens is 3. The van der Waals surface area contributed by atoms with E-state index in [4.69, 9.17) is 5.73 Å². The van der Waals surface area contributed by atoms with Crippen molar-refractivity contribution in [3.05, 3.63) is 47.7 Å². The molecule has 2 rings (SSSR count). The zero-order valence-corrected chi connectivity index (χ0v) is 9.22. The van der Waals surface area contributed by atoms with Crippen LogP contribution in [0.1, 0.15) is 23.9 Å². The van der Waals surface area contributed by atoms with E-state index in [9.17, 15) is 0 Å². The molecule has 0 amide bonds. The molecule has 0 atom stereocenters. The molecule has 2 aromatic heterocycles. The number of anilines is 1. The molecule has 0 spiro atoms. The molecule has 0 aromatic carbocycles. The standard InChI is InChI=1S/C12H14N4/c1-2-9-3-4-10(14-7-9)5-11-6-12(13)16-8-15-11/h3-4,6-8H,2,5H2,1H3,(H2,13,15,16). The first-order valence-corrected chi connectivity index (χ1v) is 5.28. The van der Waals surface area contributed by atoms with E-state index in [1.54, 1.807) is 6.07 Å². The molecule has 2 N–H and O–H groups in total. The summed E-state index contributed by atoms with van der Waals surface area (Å²) in [5, 5.41) is 0. The largest absolute Gasteiger partial charge is 0.384 e. The van der Waals surface area contributed by atoms with Crippen LogP contribution in [0.15, 0.2) is 30.7 Å². The summed E-state index contributed by atoms with van der Waals surface area (Å²) in [5.74, 6) is 0.496. The zero-order valence-electron chi connectivity index (χ0n) is 9.22. The topological polar surface area (TPSA) is 64.7 Å². The van der Waals surface area contributed by atoms with Gasteiger partial charge in [-0.3, -0.25) is 4.98 Å². The average molecular weight is 214 g/mol. The minimum absolute atomic E-state index is 0.496. The SMILES string of the molecule is CCc1ccc(Cc2cc(N)ncn2)nc1. The lowest BCUT2D eigenvalue weighted by molar-refractivity contribution is 0.976. The third kappa shape index (κ3) is 2.53. The lowest BCUT2D eigenvalue weighted by Crippen LogP contribution is -1.98. The van der Waals surface area contributed by atoms with Crippen LogP contribution in [0.4, 0.5) is 5.82 Å². The molecule has 0 fully saturated rings. The number of rotatable bonds is 3. The summed E-state index contributed by atoms with van der Waals surface area (Å²) < 4.78 is 0. The van der Waals surface area contributed by atoms with Crippen LogP contribution in [-0.2, 0) is 12.8 Å². The molecule has 0 bridgehead atoms. The van der Waals surface area contributed by atoms with E-state index in [0.717, 1.165) is 17.8 Å².